The Bertz CT molecular complexity index is 288. The molecular weight excluding hydrogens is 212 g/mol. The molecule has 2 heterocycles. The van der Waals surface area contributed by atoms with E-state index in [-0.39, 0.29) is 24.3 Å². The summed E-state index contributed by atoms with van der Waals surface area (Å²) in [6, 6.07) is 0. The molecule has 16 heavy (non-hydrogen) atoms. The van der Waals surface area contributed by atoms with Crippen molar-refractivity contribution in [3.05, 3.63) is 0 Å². The summed E-state index contributed by atoms with van der Waals surface area (Å²) in [5.74, 6) is -1.11. The molecule has 2 aliphatic heterocycles. The van der Waals surface area contributed by atoms with Gasteiger partial charge in [0.25, 0.3) is 0 Å². The Hall–Kier alpha value is -0.650. The molecule has 0 bridgehead atoms. The molecule has 0 amide bonds. The monoisotopic (exact) mass is 230 g/mol. The molecule has 2 fully saturated rings. The summed E-state index contributed by atoms with van der Waals surface area (Å²) < 4.78 is 21.9. The van der Waals surface area contributed by atoms with Crippen LogP contribution in [0.2, 0.25) is 0 Å². The highest BCUT2D eigenvalue weighted by atomic mass is 16.8. The zero-order valence-electron chi connectivity index (χ0n) is 10.1. The lowest BCUT2D eigenvalue weighted by molar-refractivity contribution is -0.189. The normalized spacial score (nSPS) is 41.6. The fraction of sp³-hybridized carbons (Fsp3) is 0.909. The molecule has 2 aliphatic rings. The molecule has 4 atom stereocenters. The average Bonchev–Trinajstić information content (AvgIpc) is 2.54. The lowest BCUT2D eigenvalue weighted by Crippen LogP contribution is -2.54. The lowest BCUT2D eigenvalue weighted by atomic mass is 9.98. The van der Waals surface area contributed by atoms with E-state index in [0.29, 0.717) is 6.42 Å². The zero-order chi connectivity index (χ0) is 11.9. The predicted octanol–water partition coefficient (Wildman–Crippen LogP) is 0.857. The SMILES string of the molecule is CCC1OC(=O)C2OC(C)(C)OC2C1OC. The number of carbonyl (C=O) groups is 1. The van der Waals surface area contributed by atoms with Crippen LogP contribution in [-0.2, 0) is 23.7 Å². The van der Waals surface area contributed by atoms with Crippen molar-refractivity contribution >= 4 is 5.97 Å². The van der Waals surface area contributed by atoms with Crippen molar-refractivity contribution in [3.8, 4) is 0 Å². The first kappa shape index (κ1) is 11.8. The van der Waals surface area contributed by atoms with Gasteiger partial charge in [0.05, 0.1) is 0 Å². The first-order chi connectivity index (χ1) is 7.48. The van der Waals surface area contributed by atoms with Crippen molar-refractivity contribution in [2.24, 2.45) is 0 Å². The maximum atomic E-state index is 11.7. The molecule has 5 nitrogen and oxygen atoms in total. The molecule has 4 unspecified atom stereocenters. The second kappa shape index (κ2) is 3.98. The Morgan fingerprint density at radius 2 is 2.06 bits per heavy atom. The maximum Gasteiger partial charge on any atom is 0.338 e. The molecule has 0 aliphatic carbocycles. The van der Waals surface area contributed by atoms with E-state index in [9.17, 15) is 4.79 Å². The summed E-state index contributed by atoms with van der Waals surface area (Å²) in [6.07, 6.45) is -0.836. The zero-order valence-corrected chi connectivity index (χ0v) is 10.1. The Kier molecular flexibility index (Phi) is 2.94. The van der Waals surface area contributed by atoms with Crippen molar-refractivity contribution < 1.29 is 23.7 Å². The standard InChI is InChI=1S/C11H18O5/c1-5-6-7(13-4)8-9(10(12)14-6)16-11(2,3)15-8/h6-9H,5H2,1-4H3. The molecule has 0 aromatic rings. The molecule has 92 valence electrons. The summed E-state index contributed by atoms with van der Waals surface area (Å²) >= 11 is 0. The highest BCUT2D eigenvalue weighted by Gasteiger charge is 2.55. The van der Waals surface area contributed by atoms with E-state index in [0.717, 1.165) is 0 Å². The predicted molar refractivity (Wildman–Crippen MR) is 54.8 cm³/mol. The van der Waals surface area contributed by atoms with Crippen molar-refractivity contribution in [2.75, 3.05) is 7.11 Å². The van der Waals surface area contributed by atoms with Gasteiger partial charge in [0.15, 0.2) is 11.9 Å². The summed E-state index contributed by atoms with van der Waals surface area (Å²) in [5.41, 5.74) is 0. The number of ether oxygens (including phenoxy) is 4. The van der Waals surface area contributed by atoms with E-state index >= 15 is 0 Å². The van der Waals surface area contributed by atoms with E-state index in [4.69, 9.17) is 18.9 Å². The third-order valence-electron chi connectivity index (χ3n) is 2.99. The van der Waals surface area contributed by atoms with Crippen LogP contribution in [-0.4, -0.2) is 43.3 Å². The summed E-state index contributed by atoms with van der Waals surface area (Å²) in [4.78, 5) is 11.7. The Labute approximate surface area is 95.0 Å². The number of cyclic esters (lactones) is 1. The fourth-order valence-corrected chi connectivity index (χ4v) is 2.31. The van der Waals surface area contributed by atoms with Crippen LogP contribution in [0.25, 0.3) is 0 Å². The van der Waals surface area contributed by atoms with Gasteiger partial charge in [-0.2, -0.15) is 0 Å². The number of fused-ring (bicyclic) bond motifs is 1. The Balaban J connectivity index is 2.22. The van der Waals surface area contributed by atoms with Crippen molar-refractivity contribution in [3.63, 3.8) is 0 Å². The molecule has 2 rings (SSSR count). The first-order valence-corrected chi connectivity index (χ1v) is 5.57. The summed E-state index contributed by atoms with van der Waals surface area (Å²) in [7, 11) is 1.60. The van der Waals surface area contributed by atoms with Gasteiger partial charge in [0, 0.05) is 7.11 Å². The second-order valence-corrected chi connectivity index (χ2v) is 4.60. The van der Waals surface area contributed by atoms with Gasteiger partial charge >= 0.3 is 5.97 Å². The number of hydrogen-bond acceptors (Lipinski definition) is 5. The maximum absolute atomic E-state index is 11.7. The highest BCUT2D eigenvalue weighted by molar-refractivity contribution is 5.77. The van der Waals surface area contributed by atoms with E-state index in [2.05, 4.69) is 0 Å². The van der Waals surface area contributed by atoms with E-state index < -0.39 is 11.9 Å². The minimum Gasteiger partial charge on any atom is -0.458 e. The van der Waals surface area contributed by atoms with Gasteiger partial charge in [0.1, 0.15) is 18.3 Å². The quantitative estimate of drug-likeness (QED) is 0.658. The molecule has 0 saturated carbocycles. The smallest absolute Gasteiger partial charge is 0.338 e. The molecule has 0 aromatic carbocycles. The minimum absolute atomic E-state index is 0.253. The summed E-state index contributed by atoms with van der Waals surface area (Å²) in [6.45, 7) is 5.52. The van der Waals surface area contributed by atoms with Gasteiger partial charge in [-0.25, -0.2) is 4.79 Å². The Morgan fingerprint density at radius 1 is 1.38 bits per heavy atom. The minimum atomic E-state index is -0.756. The molecule has 5 heteroatoms. The summed E-state index contributed by atoms with van der Waals surface area (Å²) in [5, 5.41) is 0. The first-order valence-electron chi connectivity index (χ1n) is 5.57. The van der Waals surface area contributed by atoms with Crippen LogP contribution in [0.5, 0.6) is 0 Å². The number of carbonyl (C=O) groups excluding carboxylic acids is 1. The Morgan fingerprint density at radius 3 is 2.62 bits per heavy atom. The molecule has 0 spiro atoms. The highest BCUT2D eigenvalue weighted by Crippen LogP contribution is 2.36. The van der Waals surface area contributed by atoms with Crippen LogP contribution < -0.4 is 0 Å². The van der Waals surface area contributed by atoms with Gasteiger partial charge in [-0.3, -0.25) is 0 Å². The molecule has 0 radical (unpaired) electrons. The van der Waals surface area contributed by atoms with E-state index in [1.54, 1.807) is 21.0 Å². The van der Waals surface area contributed by atoms with Gasteiger partial charge < -0.3 is 18.9 Å². The number of rotatable bonds is 2. The number of hydrogen-bond donors (Lipinski definition) is 0. The van der Waals surface area contributed by atoms with Gasteiger partial charge in [0.2, 0.25) is 0 Å². The van der Waals surface area contributed by atoms with Crippen LogP contribution in [0.1, 0.15) is 27.2 Å². The third-order valence-corrected chi connectivity index (χ3v) is 2.99. The lowest BCUT2D eigenvalue weighted by Gasteiger charge is -2.35. The average molecular weight is 230 g/mol. The topological polar surface area (TPSA) is 54.0 Å². The number of esters is 1. The second-order valence-electron chi connectivity index (χ2n) is 4.60. The van der Waals surface area contributed by atoms with Crippen molar-refractivity contribution in [1.29, 1.82) is 0 Å². The van der Waals surface area contributed by atoms with Crippen LogP contribution >= 0.6 is 0 Å². The van der Waals surface area contributed by atoms with Crippen molar-refractivity contribution in [1.82, 2.24) is 0 Å². The number of methoxy groups -OCH3 is 1. The fourth-order valence-electron chi connectivity index (χ4n) is 2.31. The van der Waals surface area contributed by atoms with Gasteiger partial charge in [-0.05, 0) is 20.3 Å². The third kappa shape index (κ3) is 1.83. The largest absolute Gasteiger partial charge is 0.458 e. The van der Waals surface area contributed by atoms with Crippen LogP contribution in [0.3, 0.4) is 0 Å². The molecular formula is C11H18O5. The molecule has 0 aromatic heterocycles. The van der Waals surface area contributed by atoms with Crippen molar-refractivity contribution in [2.45, 2.75) is 57.4 Å². The van der Waals surface area contributed by atoms with Crippen LogP contribution in [0.15, 0.2) is 0 Å². The van der Waals surface area contributed by atoms with Crippen LogP contribution in [0.4, 0.5) is 0 Å². The molecule has 2 saturated heterocycles. The van der Waals surface area contributed by atoms with Gasteiger partial charge in [-0.15, -0.1) is 0 Å². The van der Waals surface area contributed by atoms with E-state index in [1.807, 2.05) is 6.92 Å². The van der Waals surface area contributed by atoms with Gasteiger partial charge in [-0.1, -0.05) is 6.92 Å². The molecule has 0 N–H and O–H groups in total. The van der Waals surface area contributed by atoms with E-state index in [1.165, 1.54) is 0 Å². The van der Waals surface area contributed by atoms with Crippen LogP contribution in [0, 0.1) is 0 Å².